The van der Waals surface area contributed by atoms with E-state index in [2.05, 4.69) is 5.32 Å². The van der Waals surface area contributed by atoms with Gasteiger partial charge in [0.25, 0.3) is 0 Å². The lowest BCUT2D eigenvalue weighted by atomic mass is 10.1. The van der Waals surface area contributed by atoms with Crippen molar-refractivity contribution in [2.75, 3.05) is 11.9 Å². The maximum Gasteiger partial charge on any atom is 0.307 e. The molecule has 1 rings (SSSR count). The molecule has 0 saturated heterocycles. The number of nitrogens with two attached hydrogens (primary N) is 1. The van der Waals surface area contributed by atoms with Crippen LogP contribution < -0.4 is 11.1 Å². The minimum atomic E-state index is -1.30. The number of rotatable bonds is 4. The first-order valence-electron chi connectivity index (χ1n) is 5.01. The Morgan fingerprint density at radius 1 is 1.50 bits per heavy atom. The average molecular weight is 259 g/mol. The Bertz CT molecular complexity index is 494. The van der Waals surface area contributed by atoms with Crippen LogP contribution in [0, 0.1) is 27.7 Å². The molecule has 0 bridgehead atoms. The molecule has 1 unspecified atom stereocenters. The van der Waals surface area contributed by atoms with Crippen LogP contribution >= 0.6 is 0 Å². The lowest BCUT2D eigenvalue weighted by Crippen LogP contribution is -2.27. The minimum absolute atomic E-state index is 0.0384. The summed E-state index contributed by atoms with van der Waals surface area (Å²) in [4.78, 5) is 20.9. The Morgan fingerprint density at radius 2 is 2.11 bits per heavy atom. The summed E-state index contributed by atoms with van der Waals surface area (Å²) < 4.78 is 26.3. The molecule has 0 fully saturated rings. The van der Waals surface area contributed by atoms with Crippen molar-refractivity contribution < 1.29 is 18.5 Å². The summed E-state index contributed by atoms with van der Waals surface area (Å²) in [6.07, 6.45) is 0. The van der Waals surface area contributed by atoms with E-state index in [-0.39, 0.29) is 6.54 Å². The van der Waals surface area contributed by atoms with Crippen LogP contribution in [0.4, 0.5) is 20.2 Å². The molecule has 0 radical (unpaired) electrons. The summed E-state index contributed by atoms with van der Waals surface area (Å²) in [5.74, 6) is -3.58. The fourth-order valence-electron chi connectivity index (χ4n) is 1.14. The number of halogens is 2. The zero-order valence-electron chi connectivity index (χ0n) is 9.44. The van der Waals surface area contributed by atoms with E-state index < -0.39 is 39.8 Å². The van der Waals surface area contributed by atoms with Gasteiger partial charge >= 0.3 is 5.69 Å². The molecular weight excluding hydrogens is 248 g/mol. The van der Waals surface area contributed by atoms with Crippen LogP contribution in [0.3, 0.4) is 0 Å². The van der Waals surface area contributed by atoms with E-state index in [4.69, 9.17) is 5.73 Å². The van der Waals surface area contributed by atoms with E-state index in [1.165, 1.54) is 6.92 Å². The number of hydrogen-bond donors (Lipinski definition) is 2. The molecule has 98 valence electrons. The van der Waals surface area contributed by atoms with Gasteiger partial charge in [-0.05, 0) is 0 Å². The Balaban J connectivity index is 3.06. The van der Waals surface area contributed by atoms with Gasteiger partial charge in [-0.3, -0.25) is 14.9 Å². The Morgan fingerprint density at radius 3 is 2.61 bits per heavy atom. The van der Waals surface area contributed by atoms with E-state index in [9.17, 15) is 23.7 Å². The summed E-state index contributed by atoms with van der Waals surface area (Å²) in [7, 11) is 0. The van der Waals surface area contributed by atoms with Gasteiger partial charge in [-0.1, -0.05) is 6.92 Å². The maximum atomic E-state index is 13.3. The minimum Gasteiger partial charge on any atom is -0.330 e. The molecule has 3 N–H and O–H groups in total. The first kappa shape index (κ1) is 14.0. The summed E-state index contributed by atoms with van der Waals surface area (Å²) in [5.41, 5.74) is 3.88. The lowest BCUT2D eigenvalue weighted by molar-refractivity contribution is -0.387. The molecule has 0 aromatic heterocycles. The highest BCUT2D eigenvalue weighted by Gasteiger charge is 2.20. The van der Waals surface area contributed by atoms with E-state index in [0.29, 0.717) is 12.1 Å². The Hall–Kier alpha value is -2.09. The molecule has 8 heteroatoms. The molecular formula is C10H11F2N3O3. The normalized spacial score (nSPS) is 12.0. The number of hydrogen-bond acceptors (Lipinski definition) is 4. The number of nitro benzene ring substituents is 1. The third kappa shape index (κ3) is 2.98. The molecule has 1 aromatic carbocycles. The molecule has 0 spiro atoms. The predicted octanol–water partition coefficient (Wildman–Crippen LogP) is 1.41. The van der Waals surface area contributed by atoms with Gasteiger partial charge in [-0.25, -0.2) is 4.39 Å². The van der Waals surface area contributed by atoms with Crippen molar-refractivity contribution in [1.82, 2.24) is 0 Å². The molecule has 0 aliphatic rings. The summed E-state index contributed by atoms with van der Waals surface area (Å²) in [6.45, 7) is 1.54. The molecule has 1 aromatic rings. The predicted molar refractivity (Wildman–Crippen MR) is 59.9 cm³/mol. The number of nitrogens with one attached hydrogen (secondary N) is 1. The van der Waals surface area contributed by atoms with E-state index in [1.807, 2.05) is 0 Å². The molecule has 0 aliphatic carbocycles. The molecule has 1 atom stereocenters. The molecule has 0 heterocycles. The van der Waals surface area contributed by atoms with Gasteiger partial charge in [0.1, 0.15) is 5.82 Å². The van der Waals surface area contributed by atoms with E-state index in [1.54, 1.807) is 0 Å². The molecule has 6 nitrogen and oxygen atoms in total. The number of anilines is 1. The second-order valence-corrected chi connectivity index (χ2v) is 3.67. The highest BCUT2D eigenvalue weighted by Crippen LogP contribution is 2.25. The SMILES string of the molecule is CC(CN)C(=O)Nc1cc([N+](=O)[O-])c(F)cc1F. The van der Waals surface area contributed by atoms with Crippen LogP contribution in [0.5, 0.6) is 0 Å². The zero-order chi connectivity index (χ0) is 13.9. The lowest BCUT2D eigenvalue weighted by Gasteiger charge is -2.10. The first-order valence-corrected chi connectivity index (χ1v) is 5.01. The van der Waals surface area contributed by atoms with Crippen LogP contribution in [0.2, 0.25) is 0 Å². The van der Waals surface area contributed by atoms with Crippen molar-refractivity contribution in [3.63, 3.8) is 0 Å². The van der Waals surface area contributed by atoms with Crippen LogP contribution in [0.15, 0.2) is 12.1 Å². The van der Waals surface area contributed by atoms with Crippen molar-refractivity contribution in [3.8, 4) is 0 Å². The van der Waals surface area contributed by atoms with Gasteiger partial charge in [-0.2, -0.15) is 4.39 Å². The second kappa shape index (κ2) is 5.50. The maximum absolute atomic E-state index is 13.3. The number of carbonyl (C=O) groups is 1. The number of nitro groups is 1. The first-order chi connectivity index (χ1) is 8.36. The fraction of sp³-hybridized carbons (Fsp3) is 0.300. The number of carbonyl (C=O) groups excluding carboxylic acids is 1. The van der Waals surface area contributed by atoms with Crippen molar-refractivity contribution in [2.24, 2.45) is 11.7 Å². The van der Waals surface area contributed by atoms with Gasteiger partial charge in [0.15, 0.2) is 0 Å². The smallest absolute Gasteiger partial charge is 0.307 e. The average Bonchev–Trinajstić information content (AvgIpc) is 2.30. The van der Waals surface area contributed by atoms with Gasteiger partial charge in [0, 0.05) is 24.6 Å². The molecule has 0 saturated carbocycles. The molecule has 18 heavy (non-hydrogen) atoms. The van der Waals surface area contributed by atoms with Crippen LogP contribution in [0.1, 0.15) is 6.92 Å². The van der Waals surface area contributed by atoms with Crippen molar-refractivity contribution in [3.05, 3.63) is 33.9 Å². The second-order valence-electron chi connectivity index (χ2n) is 3.67. The standard InChI is InChI=1S/C10H11F2N3O3/c1-5(4-13)10(16)14-8-3-9(15(17)18)7(12)2-6(8)11/h2-3,5H,4,13H2,1H3,(H,14,16). The summed E-state index contributed by atoms with van der Waals surface area (Å²) in [5, 5.41) is 12.6. The fourth-order valence-corrected chi connectivity index (χ4v) is 1.14. The summed E-state index contributed by atoms with van der Waals surface area (Å²) >= 11 is 0. The highest BCUT2D eigenvalue weighted by atomic mass is 19.1. The van der Waals surface area contributed by atoms with Gasteiger partial charge in [0.2, 0.25) is 11.7 Å². The van der Waals surface area contributed by atoms with Crippen LogP contribution in [-0.4, -0.2) is 17.4 Å². The number of amides is 1. The topological polar surface area (TPSA) is 98.3 Å². The quantitative estimate of drug-likeness (QED) is 0.630. The van der Waals surface area contributed by atoms with E-state index >= 15 is 0 Å². The van der Waals surface area contributed by atoms with Gasteiger partial charge in [-0.15, -0.1) is 0 Å². The van der Waals surface area contributed by atoms with Gasteiger partial charge < -0.3 is 11.1 Å². The highest BCUT2D eigenvalue weighted by molar-refractivity contribution is 5.92. The largest absolute Gasteiger partial charge is 0.330 e. The number of benzene rings is 1. The third-order valence-electron chi connectivity index (χ3n) is 2.29. The van der Waals surface area contributed by atoms with E-state index in [0.717, 1.165) is 0 Å². The van der Waals surface area contributed by atoms with Gasteiger partial charge in [0.05, 0.1) is 10.6 Å². The molecule has 1 amide bonds. The Kier molecular flexibility index (Phi) is 4.27. The molecule has 0 aliphatic heterocycles. The monoisotopic (exact) mass is 259 g/mol. The third-order valence-corrected chi connectivity index (χ3v) is 2.29. The number of nitrogens with zero attached hydrogens (tertiary/aromatic N) is 1. The van der Waals surface area contributed by atoms with Crippen molar-refractivity contribution in [2.45, 2.75) is 6.92 Å². The van der Waals surface area contributed by atoms with Crippen molar-refractivity contribution >= 4 is 17.3 Å². The zero-order valence-corrected chi connectivity index (χ0v) is 9.44. The van der Waals surface area contributed by atoms with Crippen molar-refractivity contribution in [1.29, 1.82) is 0 Å². The summed E-state index contributed by atoms with van der Waals surface area (Å²) in [6, 6.07) is 0.979. The van der Waals surface area contributed by atoms with Crippen LogP contribution in [-0.2, 0) is 4.79 Å². The van der Waals surface area contributed by atoms with Crippen LogP contribution in [0.25, 0.3) is 0 Å². The Labute approximate surface area is 101 Å².